The number of halogens is 2. The molecule has 0 saturated carbocycles. The fraction of sp³-hybridized carbons (Fsp3) is 0.476. The third-order valence-electron chi connectivity index (χ3n) is 5.09. The number of amides is 2. The predicted octanol–water partition coefficient (Wildman–Crippen LogP) is 2.98. The van der Waals surface area contributed by atoms with Crippen LogP contribution in [-0.2, 0) is 16.6 Å². The lowest BCUT2D eigenvalue weighted by molar-refractivity contribution is -0.118. The molecule has 0 bridgehead atoms. The van der Waals surface area contributed by atoms with Gasteiger partial charge < -0.3 is 16.0 Å². The fourth-order valence-electron chi connectivity index (χ4n) is 3.63. The van der Waals surface area contributed by atoms with Crippen LogP contribution in [0.5, 0.6) is 0 Å². The summed E-state index contributed by atoms with van der Waals surface area (Å²) in [5.74, 6) is -0.215. The summed E-state index contributed by atoms with van der Waals surface area (Å²) in [7, 11) is 3.54. The van der Waals surface area contributed by atoms with Gasteiger partial charge in [-0.1, -0.05) is 18.9 Å². The molecule has 3 N–H and O–H groups in total. The molecular formula is C21H32Cl2N6O2. The summed E-state index contributed by atoms with van der Waals surface area (Å²) in [4.78, 5) is 27.3. The standard InChI is InChI=1S/C21H30N6O2.2ClH/c1-22-20(16-13-23-26(2)14-16)21(29)25-18-9-7-8-17(12-18)24-19(28)15-27-10-5-3-4-6-11-27;;/h7-9,12-14,20,22H,3-6,10-11,15H2,1-2H3,(H,24,28)(H,25,29);2*1H. The summed E-state index contributed by atoms with van der Waals surface area (Å²) in [6.45, 7) is 2.35. The SMILES string of the molecule is CNC(C(=O)Nc1cccc(NC(=O)CN2CCCCCC2)c1)c1cnn(C)c1.Cl.Cl. The average molecular weight is 471 g/mol. The Morgan fingerprint density at radius 1 is 1.06 bits per heavy atom. The van der Waals surface area contributed by atoms with Crippen molar-refractivity contribution in [3.8, 4) is 0 Å². The number of anilines is 2. The van der Waals surface area contributed by atoms with Gasteiger partial charge in [0.05, 0.1) is 12.7 Å². The van der Waals surface area contributed by atoms with Crippen LogP contribution in [-0.4, -0.2) is 53.2 Å². The van der Waals surface area contributed by atoms with Gasteiger partial charge in [0.2, 0.25) is 11.8 Å². The number of rotatable bonds is 7. The van der Waals surface area contributed by atoms with Gasteiger partial charge in [-0.25, -0.2) is 0 Å². The van der Waals surface area contributed by atoms with Gasteiger partial charge in [-0.05, 0) is 51.2 Å². The van der Waals surface area contributed by atoms with Gasteiger partial charge in [-0.15, -0.1) is 24.8 Å². The van der Waals surface area contributed by atoms with Crippen molar-refractivity contribution in [3.05, 3.63) is 42.2 Å². The van der Waals surface area contributed by atoms with E-state index in [4.69, 9.17) is 0 Å². The molecule has 0 aliphatic carbocycles. The Balaban J connectivity index is 0.00000240. The second-order valence-corrected chi connectivity index (χ2v) is 7.48. The van der Waals surface area contributed by atoms with Crippen molar-refractivity contribution in [3.63, 3.8) is 0 Å². The highest BCUT2D eigenvalue weighted by Gasteiger charge is 2.20. The summed E-state index contributed by atoms with van der Waals surface area (Å²) < 4.78 is 1.66. The smallest absolute Gasteiger partial charge is 0.246 e. The highest BCUT2D eigenvalue weighted by atomic mass is 35.5. The van der Waals surface area contributed by atoms with E-state index in [2.05, 4.69) is 25.9 Å². The average Bonchev–Trinajstić information content (AvgIpc) is 2.94. The molecule has 1 unspecified atom stereocenters. The Morgan fingerprint density at radius 3 is 2.29 bits per heavy atom. The lowest BCUT2D eigenvalue weighted by atomic mass is 10.1. The molecule has 1 aliphatic rings. The molecule has 172 valence electrons. The van der Waals surface area contributed by atoms with Crippen LogP contribution < -0.4 is 16.0 Å². The maximum atomic E-state index is 12.7. The second kappa shape index (κ2) is 13.3. The molecule has 1 aromatic carbocycles. The number of hydrogen-bond donors (Lipinski definition) is 3. The summed E-state index contributed by atoms with van der Waals surface area (Å²) in [6.07, 6.45) is 8.26. The molecule has 1 saturated heterocycles. The number of aromatic nitrogens is 2. The van der Waals surface area contributed by atoms with Gasteiger partial charge >= 0.3 is 0 Å². The van der Waals surface area contributed by atoms with Crippen LogP contribution >= 0.6 is 24.8 Å². The van der Waals surface area contributed by atoms with Gasteiger partial charge in [0.25, 0.3) is 0 Å². The largest absolute Gasteiger partial charge is 0.325 e. The van der Waals surface area contributed by atoms with Gasteiger partial charge in [0.15, 0.2) is 0 Å². The Kier molecular flexibility index (Phi) is 11.6. The summed E-state index contributed by atoms with van der Waals surface area (Å²) in [5.41, 5.74) is 2.09. The highest BCUT2D eigenvalue weighted by Crippen LogP contribution is 2.19. The Labute approximate surface area is 196 Å². The van der Waals surface area contributed by atoms with Gasteiger partial charge in [-0.2, -0.15) is 5.10 Å². The van der Waals surface area contributed by atoms with E-state index in [9.17, 15) is 9.59 Å². The van der Waals surface area contributed by atoms with E-state index < -0.39 is 6.04 Å². The Hall–Kier alpha value is -2.13. The lowest BCUT2D eigenvalue weighted by Gasteiger charge is -2.19. The molecule has 3 rings (SSSR count). The Morgan fingerprint density at radius 2 is 1.71 bits per heavy atom. The van der Waals surface area contributed by atoms with E-state index in [1.165, 1.54) is 12.8 Å². The van der Waals surface area contributed by atoms with Crippen LogP contribution in [0.1, 0.15) is 37.3 Å². The molecule has 2 amide bonds. The molecule has 1 aliphatic heterocycles. The van der Waals surface area contributed by atoms with E-state index in [-0.39, 0.29) is 36.6 Å². The molecule has 31 heavy (non-hydrogen) atoms. The van der Waals surface area contributed by atoms with E-state index in [1.807, 2.05) is 19.2 Å². The minimum Gasteiger partial charge on any atom is -0.325 e. The first kappa shape index (κ1) is 26.9. The number of likely N-dealkylation sites (tertiary alicyclic amines) is 1. The van der Waals surface area contributed by atoms with Crippen LogP contribution in [0.4, 0.5) is 11.4 Å². The quantitative estimate of drug-likeness (QED) is 0.578. The zero-order valence-corrected chi connectivity index (χ0v) is 19.6. The predicted molar refractivity (Wildman–Crippen MR) is 128 cm³/mol. The minimum atomic E-state index is -0.509. The van der Waals surface area contributed by atoms with E-state index in [0.717, 1.165) is 31.5 Å². The van der Waals surface area contributed by atoms with E-state index >= 15 is 0 Å². The molecule has 1 fully saturated rings. The first-order valence-corrected chi connectivity index (χ1v) is 10.1. The van der Waals surface area contributed by atoms with Crippen molar-refractivity contribution in [2.75, 3.05) is 37.3 Å². The summed E-state index contributed by atoms with van der Waals surface area (Å²) >= 11 is 0. The second-order valence-electron chi connectivity index (χ2n) is 7.48. The van der Waals surface area contributed by atoms with Crippen molar-refractivity contribution in [1.29, 1.82) is 0 Å². The lowest BCUT2D eigenvalue weighted by Crippen LogP contribution is -2.34. The molecule has 10 heteroatoms. The van der Waals surface area contributed by atoms with Gasteiger partial charge in [-0.3, -0.25) is 19.2 Å². The maximum absolute atomic E-state index is 12.7. The molecule has 0 radical (unpaired) electrons. The number of hydrogen-bond acceptors (Lipinski definition) is 5. The van der Waals surface area contributed by atoms with E-state index in [1.54, 1.807) is 36.3 Å². The van der Waals surface area contributed by atoms with Crippen molar-refractivity contribution < 1.29 is 9.59 Å². The number of nitrogens with zero attached hydrogens (tertiary/aromatic N) is 3. The molecule has 8 nitrogen and oxygen atoms in total. The molecule has 2 aromatic rings. The van der Waals surface area contributed by atoms with Gasteiger partial charge in [0, 0.05) is 30.2 Å². The molecule has 1 atom stereocenters. The first-order valence-electron chi connectivity index (χ1n) is 10.1. The van der Waals surface area contributed by atoms with Crippen LogP contribution in [0.2, 0.25) is 0 Å². The van der Waals surface area contributed by atoms with Crippen LogP contribution in [0.25, 0.3) is 0 Å². The van der Waals surface area contributed by atoms with Gasteiger partial charge in [0.1, 0.15) is 6.04 Å². The monoisotopic (exact) mass is 470 g/mol. The third-order valence-corrected chi connectivity index (χ3v) is 5.09. The van der Waals surface area contributed by atoms with Crippen molar-refractivity contribution in [2.24, 2.45) is 7.05 Å². The molecule has 1 aromatic heterocycles. The first-order chi connectivity index (χ1) is 14.0. The maximum Gasteiger partial charge on any atom is 0.246 e. The van der Waals surface area contributed by atoms with Crippen LogP contribution in [0, 0.1) is 0 Å². The van der Waals surface area contributed by atoms with Crippen molar-refractivity contribution in [1.82, 2.24) is 20.0 Å². The Bertz CT molecular complexity index is 837. The van der Waals surface area contributed by atoms with Crippen LogP contribution in [0.3, 0.4) is 0 Å². The third kappa shape index (κ3) is 8.14. The molecule has 2 heterocycles. The molecule has 0 spiro atoms. The number of benzene rings is 1. The van der Waals surface area contributed by atoms with Crippen LogP contribution in [0.15, 0.2) is 36.7 Å². The topological polar surface area (TPSA) is 91.3 Å². The normalized spacial score (nSPS) is 15.0. The number of aryl methyl sites for hydroxylation is 1. The zero-order chi connectivity index (χ0) is 20.6. The minimum absolute atomic E-state index is 0. The summed E-state index contributed by atoms with van der Waals surface area (Å²) in [5, 5.41) is 13.0. The highest BCUT2D eigenvalue weighted by molar-refractivity contribution is 5.97. The number of nitrogens with one attached hydrogen (secondary N) is 3. The van der Waals surface area contributed by atoms with Crippen molar-refractivity contribution >= 4 is 48.0 Å². The zero-order valence-electron chi connectivity index (χ0n) is 18.0. The number of likely N-dealkylation sites (N-methyl/N-ethyl adjacent to an activating group) is 1. The fourth-order valence-corrected chi connectivity index (χ4v) is 3.63. The molecular weight excluding hydrogens is 439 g/mol. The van der Waals surface area contributed by atoms with Crippen molar-refractivity contribution in [2.45, 2.75) is 31.7 Å². The summed E-state index contributed by atoms with van der Waals surface area (Å²) in [6, 6.07) is 6.71. The number of carbonyl (C=O) groups excluding carboxylic acids is 2. The number of carbonyl (C=O) groups is 2. The van der Waals surface area contributed by atoms with E-state index in [0.29, 0.717) is 17.9 Å².